The number of anilines is 1. The molecule has 1 saturated carbocycles. The van der Waals surface area contributed by atoms with Gasteiger partial charge in [0.2, 0.25) is 17.7 Å². The summed E-state index contributed by atoms with van der Waals surface area (Å²) in [6, 6.07) is 17.2. The Balaban J connectivity index is 1.19. The van der Waals surface area contributed by atoms with Crippen molar-refractivity contribution in [1.82, 2.24) is 30.2 Å². The number of benzene rings is 2. The Hall–Kier alpha value is -5.02. The molecule has 0 bridgehead atoms. The first-order valence-electron chi connectivity index (χ1n) is 17.2. The maximum atomic E-state index is 13.7. The lowest BCUT2D eigenvalue weighted by molar-refractivity contribution is -0.138. The monoisotopic (exact) mass is 666 g/mol. The van der Waals surface area contributed by atoms with Crippen LogP contribution in [0.2, 0.25) is 0 Å². The van der Waals surface area contributed by atoms with Crippen LogP contribution < -0.4 is 16.0 Å². The van der Waals surface area contributed by atoms with Crippen LogP contribution in [-0.4, -0.2) is 81.5 Å². The van der Waals surface area contributed by atoms with Gasteiger partial charge in [0.25, 0.3) is 5.91 Å². The number of aromatic nitrogens is 2. The van der Waals surface area contributed by atoms with Crippen molar-refractivity contribution >= 4 is 29.3 Å². The molecule has 0 spiro atoms. The van der Waals surface area contributed by atoms with Crippen molar-refractivity contribution in [3.8, 4) is 6.07 Å². The van der Waals surface area contributed by atoms with E-state index in [4.69, 9.17) is 5.26 Å². The van der Waals surface area contributed by atoms with Gasteiger partial charge in [0, 0.05) is 64.5 Å². The van der Waals surface area contributed by atoms with E-state index in [1.807, 2.05) is 41.3 Å². The summed E-state index contributed by atoms with van der Waals surface area (Å²) in [5.74, 6) is -0.868. The molecule has 0 radical (unpaired) electrons. The number of nitrogens with one attached hydrogen (secondary N) is 3. The number of rotatable bonds is 12. The van der Waals surface area contributed by atoms with E-state index in [9.17, 15) is 19.2 Å². The molecule has 258 valence electrons. The first-order valence-corrected chi connectivity index (χ1v) is 17.2. The van der Waals surface area contributed by atoms with E-state index in [1.165, 1.54) is 4.68 Å². The number of aryl methyl sites for hydroxylation is 1. The number of carbonyl (C=O) groups is 4. The molecular formula is C37H46N8O4. The second-order valence-electron chi connectivity index (χ2n) is 13.0. The van der Waals surface area contributed by atoms with E-state index in [-0.39, 0.29) is 36.0 Å². The fourth-order valence-electron chi connectivity index (χ4n) is 6.64. The zero-order valence-corrected chi connectivity index (χ0v) is 28.4. The van der Waals surface area contributed by atoms with Gasteiger partial charge in [0.1, 0.15) is 17.8 Å². The van der Waals surface area contributed by atoms with Crippen molar-refractivity contribution in [3.05, 3.63) is 83.2 Å². The molecule has 4 amide bonds. The molecule has 1 aliphatic carbocycles. The Kier molecular flexibility index (Phi) is 12.2. The predicted octanol–water partition coefficient (Wildman–Crippen LogP) is 3.39. The van der Waals surface area contributed by atoms with Crippen LogP contribution in [-0.2, 0) is 34.4 Å². The van der Waals surface area contributed by atoms with E-state index in [2.05, 4.69) is 32.0 Å². The Morgan fingerprint density at radius 2 is 1.57 bits per heavy atom. The van der Waals surface area contributed by atoms with Crippen molar-refractivity contribution in [3.63, 3.8) is 0 Å². The van der Waals surface area contributed by atoms with Crippen molar-refractivity contribution in [2.75, 3.05) is 31.5 Å². The highest BCUT2D eigenvalue weighted by atomic mass is 16.2. The quantitative estimate of drug-likeness (QED) is 0.268. The molecule has 5 rings (SSSR count). The number of carbonyl (C=O) groups excluding carboxylic acids is 4. The number of hydrogen-bond acceptors (Lipinski definition) is 7. The highest BCUT2D eigenvalue weighted by Crippen LogP contribution is 2.28. The largest absolute Gasteiger partial charge is 0.344 e. The van der Waals surface area contributed by atoms with Crippen molar-refractivity contribution in [1.29, 1.82) is 5.26 Å². The maximum absolute atomic E-state index is 13.7. The van der Waals surface area contributed by atoms with Crippen molar-refractivity contribution in [2.24, 2.45) is 13.0 Å². The Labute approximate surface area is 287 Å². The lowest BCUT2D eigenvalue weighted by Crippen LogP contribution is -2.55. The lowest BCUT2D eigenvalue weighted by atomic mass is 9.83. The van der Waals surface area contributed by atoms with Crippen LogP contribution in [0.15, 0.2) is 60.8 Å². The van der Waals surface area contributed by atoms with E-state index in [0.29, 0.717) is 49.5 Å². The summed E-state index contributed by atoms with van der Waals surface area (Å²) in [4.78, 5) is 56.8. The number of nitrogens with zero attached hydrogens (tertiary/aromatic N) is 5. The summed E-state index contributed by atoms with van der Waals surface area (Å²) in [5.41, 5.74) is 3.57. The Bertz CT molecular complexity index is 1630. The Morgan fingerprint density at radius 1 is 0.898 bits per heavy atom. The standard InChI is InChI=1S/C37H46N8O4/c1-3-33(46)41-31(37(49)45-21-19-44(20-22-45)25-28-11-9-27(24-38)10-12-28)23-26-13-15-30(16-14-26)40-36(48)34(29-7-5-4-6-8-29)42-35(47)32-17-18-39-43(32)2/h9-18,29,31,34H,3-8,19-23,25H2,1-2H3,(H,40,48)(H,41,46)(H,42,47)/t31?,34-/m0/s1. The maximum Gasteiger partial charge on any atom is 0.270 e. The molecule has 2 atom stereocenters. The summed E-state index contributed by atoms with van der Waals surface area (Å²) in [6.45, 7) is 5.02. The zero-order chi connectivity index (χ0) is 34.8. The number of amides is 4. The van der Waals surface area contributed by atoms with E-state index >= 15 is 0 Å². The molecule has 3 aromatic rings. The molecule has 2 heterocycles. The van der Waals surface area contributed by atoms with Gasteiger partial charge in [-0.3, -0.25) is 28.8 Å². The second-order valence-corrected chi connectivity index (χ2v) is 13.0. The minimum atomic E-state index is -0.712. The first kappa shape index (κ1) is 35.3. The van der Waals surface area contributed by atoms with E-state index < -0.39 is 12.1 Å². The second kappa shape index (κ2) is 16.9. The fraction of sp³-hybridized carbons (Fsp3) is 0.459. The van der Waals surface area contributed by atoms with Gasteiger partial charge in [-0.25, -0.2) is 0 Å². The van der Waals surface area contributed by atoms with Crippen LogP contribution in [0.5, 0.6) is 0 Å². The van der Waals surface area contributed by atoms with Crippen LogP contribution in [0.3, 0.4) is 0 Å². The number of hydrogen-bond donors (Lipinski definition) is 3. The van der Waals surface area contributed by atoms with Gasteiger partial charge in [-0.1, -0.05) is 50.5 Å². The molecular weight excluding hydrogens is 620 g/mol. The molecule has 1 unspecified atom stereocenters. The number of nitriles is 1. The smallest absolute Gasteiger partial charge is 0.270 e. The molecule has 1 saturated heterocycles. The summed E-state index contributed by atoms with van der Waals surface area (Å²) in [7, 11) is 1.69. The van der Waals surface area contributed by atoms with Crippen LogP contribution in [0, 0.1) is 17.2 Å². The van der Waals surface area contributed by atoms with Gasteiger partial charge in [0.15, 0.2) is 0 Å². The summed E-state index contributed by atoms with van der Waals surface area (Å²) >= 11 is 0. The van der Waals surface area contributed by atoms with Gasteiger partial charge < -0.3 is 20.9 Å². The van der Waals surface area contributed by atoms with Crippen LogP contribution in [0.1, 0.15) is 72.6 Å². The molecule has 49 heavy (non-hydrogen) atoms. The molecule has 2 aromatic carbocycles. The molecule has 1 aliphatic heterocycles. The number of piperazine rings is 1. The zero-order valence-electron chi connectivity index (χ0n) is 28.4. The van der Waals surface area contributed by atoms with Gasteiger partial charge >= 0.3 is 0 Å². The average molecular weight is 667 g/mol. The Morgan fingerprint density at radius 3 is 2.18 bits per heavy atom. The highest BCUT2D eigenvalue weighted by molar-refractivity contribution is 6.00. The van der Waals surface area contributed by atoms with Gasteiger partial charge in [-0.2, -0.15) is 10.4 Å². The summed E-state index contributed by atoms with van der Waals surface area (Å²) in [6.07, 6.45) is 7.05. The van der Waals surface area contributed by atoms with Crippen LogP contribution in [0.4, 0.5) is 5.69 Å². The molecule has 3 N–H and O–H groups in total. The van der Waals surface area contributed by atoms with Crippen LogP contribution >= 0.6 is 0 Å². The lowest BCUT2D eigenvalue weighted by Gasteiger charge is -2.36. The highest BCUT2D eigenvalue weighted by Gasteiger charge is 2.32. The van der Waals surface area contributed by atoms with Crippen molar-refractivity contribution in [2.45, 2.75) is 70.5 Å². The van der Waals surface area contributed by atoms with Gasteiger partial charge in [-0.15, -0.1) is 0 Å². The average Bonchev–Trinajstić information content (AvgIpc) is 3.57. The molecule has 2 fully saturated rings. The third kappa shape index (κ3) is 9.54. The van der Waals surface area contributed by atoms with Gasteiger partial charge in [0.05, 0.1) is 11.6 Å². The third-order valence-corrected chi connectivity index (χ3v) is 9.53. The third-order valence-electron chi connectivity index (χ3n) is 9.53. The topological polar surface area (TPSA) is 152 Å². The molecule has 12 heteroatoms. The SMILES string of the molecule is CCC(=O)NC(Cc1ccc(NC(=O)[C@@H](NC(=O)c2ccnn2C)C2CCCCC2)cc1)C(=O)N1CCN(Cc2ccc(C#N)cc2)CC1. The van der Waals surface area contributed by atoms with Gasteiger partial charge in [-0.05, 0) is 60.2 Å². The molecule has 2 aliphatic rings. The predicted molar refractivity (Wildman–Crippen MR) is 185 cm³/mol. The van der Waals surface area contributed by atoms with Crippen molar-refractivity contribution < 1.29 is 19.2 Å². The molecule has 1 aromatic heterocycles. The molecule has 12 nitrogen and oxygen atoms in total. The fourth-order valence-corrected chi connectivity index (χ4v) is 6.64. The minimum absolute atomic E-state index is 0.0389. The summed E-state index contributed by atoms with van der Waals surface area (Å²) in [5, 5.41) is 22.0. The normalized spacial score (nSPS) is 16.6. The minimum Gasteiger partial charge on any atom is -0.344 e. The van der Waals surface area contributed by atoms with E-state index in [0.717, 1.165) is 49.8 Å². The first-order chi connectivity index (χ1) is 23.7. The van der Waals surface area contributed by atoms with E-state index in [1.54, 1.807) is 38.4 Å². The summed E-state index contributed by atoms with van der Waals surface area (Å²) < 4.78 is 1.49. The van der Waals surface area contributed by atoms with Crippen LogP contribution in [0.25, 0.3) is 0 Å².